The summed E-state index contributed by atoms with van der Waals surface area (Å²) in [7, 11) is -1.47. The zero-order valence-corrected chi connectivity index (χ0v) is 17.7. The van der Waals surface area contributed by atoms with Crippen LogP contribution in [0.5, 0.6) is 0 Å². The SMILES string of the molecule is CCCCCCN1CC2CCC(C1)C2(OC)c1cccc(NS(C)(=O)=O)c1. The number of hydrogen-bond acceptors (Lipinski definition) is 4. The van der Waals surface area contributed by atoms with E-state index in [9.17, 15) is 8.42 Å². The first kappa shape index (κ1) is 20.6. The van der Waals surface area contributed by atoms with Crippen molar-refractivity contribution in [2.24, 2.45) is 11.8 Å². The summed E-state index contributed by atoms with van der Waals surface area (Å²) in [5.41, 5.74) is 1.43. The minimum Gasteiger partial charge on any atom is -0.373 e. The van der Waals surface area contributed by atoms with Crippen LogP contribution in [0.25, 0.3) is 0 Å². The fourth-order valence-corrected chi connectivity index (χ4v) is 5.78. The van der Waals surface area contributed by atoms with Crippen LogP contribution in [0.4, 0.5) is 5.69 Å². The predicted octanol–water partition coefficient (Wildman–Crippen LogP) is 3.82. The molecular formula is C21H34N2O3S. The normalized spacial score (nSPS) is 28.4. The molecule has 1 N–H and O–H groups in total. The number of anilines is 1. The Labute approximate surface area is 164 Å². The van der Waals surface area contributed by atoms with Crippen LogP contribution in [0.3, 0.4) is 0 Å². The van der Waals surface area contributed by atoms with Crippen LogP contribution in [0.1, 0.15) is 51.0 Å². The maximum absolute atomic E-state index is 11.6. The van der Waals surface area contributed by atoms with E-state index in [1.54, 1.807) is 6.07 Å². The summed E-state index contributed by atoms with van der Waals surface area (Å²) >= 11 is 0. The number of nitrogens with zero attached hydrogens (tertiary/aromatic N) is 1. The van der Waals surface area contributed by atoms with Gasteiger partial charge in [-0.15, -0.1) is 0 Å². The minimum atomic E-state index is -3.29. The van der Waals surface area contributed by atoms with Crippen LogP contribution >= 0.6 is 0 Å². The number of piperidine rings is 1. The maximum Gasteiger partial charge on any atom is 0.229 e. The molecule has 27 heavy (non-hydrogen) atoms. The lowest BCUT2D eigenvalue weighted by molar-refractivity contribution is -0.118. The van der Waals surface area contributed by atoms with E-state index in [2.05, 4.69) is 22.6 Å². The molecule has 3 rings (SSSR count). The number of rotatable bonds is 9. The summed E-state index contributed by atoms with van der Waals surface area (Å²) in [6, 6.07) is 7.80. The molecule has 1 saturated carbocycles. The molecular weight excluding hydrogens is 360 g/mol. The Morgan fingerprint density at radius 3 is 2.48 bits per heavy atom. The Bertz CT molecular complexity index is 721. The first-order valence-corrected chi connectivity index (χ1v) is 12.1. The van der Waals surface area contributed by atoms with Gasteiger partial charge in [-0.2, -0.15) is 0 Å². The fourth-order valence-electron chi connectivity index (χ4n) is 5.22. The molecule has 2 atom stereocenters. The number of methoxy groups -OCH3 is 1. The summed E-state index contributed by atoms with van der Waals surface area (Å²) in [5, 5.41) is 0. The Hall–Kier alpha value is -1.11. The van der Waals surface area contributed by atoms with Gasteiger partial charge < -0.3 is 9.64 Å². The Morgan fingerprint density at radius 2 is 1.89 bits per heavy atom. The van der Waals surface area contributed by atoms with Gasteiger partial charge in [0.05, 0.1) is 6.26 Å². The highest BCUT2D eigenvalue weighted by Crippen LogP contribution is 2.53. The highest BCUT2D eigenvalue weighted by molar-refractivity contribution is 7.92. The summed E-state index contributed by atoms with van der Waals surface area (Å²) < 4.78 is 32.1. The summed E-state index contributed by atoms with van der Waals surface area (Å²) in [6.45, 7) is 5.57. The lowest BCUT2D eigenvalue weighted by atomic mass is 9.74. The van der Waals surface area contributed by atoms with Crippen LogP contribution < -0.4 is 4.72 Å². The predicted molar refractivity (Wildman–Crippen MR) is 110 cm³/mol. The molecule has 152 valence electrons. The number of sulfonamides is 1. The van der Waals surface area contributed by atoms with Gasteiger partial charge in [0.2, 0.25) is 10.0 Å². The van der Waals surface area contributed by atoms with E-state index in [0.29, 0.717) is 17.5 Å². The maximum atomic E-state index is 11.6. The Kier molecular flexibility index (Phi) is 6.49. The number of likely N-dealkylation sites (tertiary alicyclic amines) is 1. The molecule has 0 amide bonds. The average Bonchev–Trinajstić information content (AvgIpc) is 2.81. The van der Waals surface area contributed by atoms with Gasteiger partial charge in [-0.25, -0.2) is 8.42 Å². The molecule has 1 heterocycles. The molecule has 0 aromatic heterocycles. The van der Waals surface area contributed by atoms with Crippen molar-refractivity contribution in [2.45, 2.75) is 51.0 Å². The molecule has 2 fully saturated rings. The molecule has 0 radical (unpaired) electrons. The van der Waals surface area contributed by atoms with Crippen LogP contribution in [0.2, 0.25) is 0 Å². The van der Waals surface area contributed by atoms with Crippen molar-refractivity contribution < 1.29 is 13.2 Å². The third-order valence-corrected chi connectivity index (χ3v) is 6.92. The quantitative estimate of drug-likeness (QED) is 0.647. The van der Waals surface area contributed by atoms with Gasteiger partial charge in [-0.3, -0.25) is 4.72 Å². The standard InChI is InChI=1S/C21H34N2O3S/c1-4-5-6-7-13-23-15-18-11-12-19(16-23)21(18,26-2)17-9-8-10-20(14-17)22-27(3,24)25/h8-10,14,18-19,22H,4-7,11-13,15-16H2,1-3H3. The topological polar surface area (TPSA) is 58.6 Å². The van der Waals surface area contributed by atoms with Gasteiger partial charge in [-0.05, 0) is 43.5 Å². The van der Waals surface area contributed by atoms with E-state index in [1.165, 1.54) is 51.3 Å². The smallest absolute Gasteiger partial charge is 0.229 e. The molecule has 2 aliphatic rings. The van der Waals surface area contributed by atoms with E-state index < -0.39 is 10.0 Å². The van der Waals surface area contributed by atoms with E-state index >= 15 is 0 Å². The Balaban J connectivity index is 1.77. The van der Waals surface area contributed by atoms with Crippen LogP contribution in [0.15, 0.2) is 24.3 Å². The van der Waals surface area contributed by atoms with Gasteiger partial charge in [0.15, 0.2) is 0 Å². The Morgan fingerprint density at radius 1 is 1.19 bits per heavy atom. The van der Waals surface area contributed by atoms with Crippen molar-refractivity contribution in [3.8, 4) is 0 Å². The number of nitrogens with one attached hydrogen (secondary N) is 1. The molecule has 0 spiro atoms. The molecule has 1 saturated heterocycles. The van der Waals surface area contributed by atoms with Crippen molar-refractivity contribution in [1.29, 1.82) is 0 Å². The molecule has 1 aromatic carbocycles. The second-order valence-electron chi connectivity index (χ2n) is 8.24. The van der Waals surface area contributed by atoms with Crippen LogP contribution in [0, 0.1) is 11.8 Å². The largest absolute Gasteiger partial charge is 0.373 e. The van der Waals surface area contributed by atoms with E-state index in [1.807, 2.05) is 19.2 Å². The summed E-state index contributed by atoms with van der Waals surface area (Å²) in [6.07, 6.45) is 8.73. The van der Waals surface area contributed by atoms with Crippen molar-refractivity contribution >= 4 is 15.7 Å². The van der Waals surface area contributed by atoms with Gasteiger partial charge in [0, 0.05) is 37.7 Å². The first-order chi connectivity index (χ1) is 12.9. The zero-order valence-electron chi connectivity index (χ0n) is 16.9. The number of hydrogen-bond donors (Lipinski definition) is 1. The molecule has 6 heteroatoms. The van der Waals surface area contributed by atoms with Crippen molar-refractivity contribution in [3.63, 3.8) is 0 Å². The zero-order chi connectivity index (χ0) is 19.5. The third-order valence-electron chi connectivity index (χ3n) is 6.32. The highest BCUT2D eigenvalue weighted by atomic mass is 32.2. The molecule has 1 aromatic rings. The molecule has 2 unspecified atom stereocenters. The number of benzene rings is 1. The van der Waals surface area contributed by atoms with E-state index in [0.717, 1.165) is 18.7 Å². The molecule has 1 aliphatic heterocycles. The second kappa shape index (κ2) is 8.50. The van der Waals surface area contributed by atoms with Gasteiger partial charge in [0.1, 0.15) is 5.60 Å². The third kappa shape index (κ3) is 4.49. The number of fused-ring (bicyclic) bond motifs is 2. The summed E-state index contributed by atoms with van der Waals surface area (Å²) in [4.78, 5) is 2.62. The number of unbranched alkanes of at least 4 members (excludes halogenated alkanes) is 3. The minimum absolute atomic E-state index is 0.297. The highest BCUT2D eigenvalue weighted by Gasteiger charge is 2.55. The van der Waals surface area contributed by atoms with Crippen LogP contribution in [-0.4, -0.2) is 46.3 Å². The first-order valence-electron chi connectivity index (χ1n) is 10.2. The lowest BCUT2D eigenvalue weighted by Crippen LogP contribution is -2.53. The van der Waals surface area contributed by atoms with Gasteiger partial charge in [-0.1, -0.05) is 38.3 Å². The second-order valence-corrected chi connectivity index (χ2v) is 9.99. The van der Waals surface area contributed by atoms with Gasteiger partial charge in [0.25, 0.3) is 0 Å². The van der Waals surface area contributed by atoms with Crippen LogP contribution in [-0.2, 0) is 20.4 Å². The van der Waals surface area contributed by atoms with Crippen molar-refractivity contribution in [1.82, 2.24) is 4.90 Å². The fraction of sp³-hybridized carbons (Fsp3) is 0.714. The molecule has 2 bridgehead atoms. The summed E-state index contributed by atoms with van der Waals surface area (Å²) in [5.74, 6) is 0.918. The average molecular weight is 395 g/mol. The van der Waals surface area contributed by atoms with E-state index in [4.69, 9.17) is 4.74 Å². The lowest BCUT2D eigenvalue weighted by Gasteiger charge is -2.47. The molecule has 1 aliphatic carbocycles. The number of ether oxygens (including phenoxy) is 1. The van der Waals surface area contributed by atoms with E-state index in [-0.39, 0.29) is 5.60 Å². The monoisotopic (exact) mass is 394 g/mol. The molecule has 5 nitrogen and oxygen atoms in total. The van der Waals surface area contributed by atoms with Crippen molar-refractivity contribution in [3.05, 3.63) is 29.8 Å². The van der Waals surface area contributed by atoms with Crippen molar-refractivity contribution in [2.75, 3.05) is 37.7 Å². The van der Waals surface area contributed by atoms with Gasteiger partial charge >= 0.3 is 0 Å².